The van der Waals surface area contributed by atoms with Gasteiger partial charge in [-0.25, -0.2) is 0 Å². The summed E-state index contributed by atoms with van der Waals surface area (Å²) in [7, 11) is 0. The Morgan fingerprint density at radius 1 is 1.10 bits per heavy atom. The molecular formula is C22H19Cl2NO4S. The van der Waals surface area contributed by atoms with Gasteiger partial charge in [0, 0.05) is 10.0 Å². The normalized spacial score (nSPS) is 15.0. The predicted molar refractivity (Wildman–Crippen MR) is 121 cm³/mol. The Bertz CT molecular complexity index is 1020. The number of carbonyl (C=O) groups is 2. The van der Waals surface area contributed by atoms with Crippen LogP contribution in [0.2, 0.25) is 10.0 Å². The summed E-state index contributed by atoms with van der Waals surface area (Å²) < 4.78 is 11.2. The van der Waals surface area contributed by atoms with Gasteiger partial charge in [-0.05, 0) is 60.2 Å². The van der Waals surface area contributed by atoms with E-state index in [4.69, 9.17) is 32.7 Å². The SMILES string of the molecule is C=CCOc1ccc(/C=C2/SC(=O)N(Cc3ccc(Cl)cc3Cl)C2=O)cc1OCC. The molecule has 1 heterocycles. The van der Waals surface area contributed by atoms with Crippen molar-refractivity contribution in [3.05, 3.63) is 75.1 Å². The van der Waals surface area contributed by atoms with Crippen LogP contribution in [0.3, 0.4) is 0 Å². The minimum atomic E-state index is -0.374. The fraction of sp³-hybridized carbons (Fsp3) is 0.182. The second-order valence-electron chi connectivity index (χ2n) is 6.24. The number of benzene rings is 2. The molecule has 1 aliphatic rings. The molecular weight excluding hydrogens is 445 g/mol. The summed E-state index contributed by atoms with van der Waals surface area (Å²) >= 11 is 13.0. The van der Waals surface area contributed by atoms with Crippen LogP contribution in [-0.2, 0) is 11.3 Å². The molecule has 0 aliphatic carbocycles. The molecule has 0 spiro atoms. The maximum absolute atomic E-state index is 12.8. The summed E-state index contributed by atoms with van der Waals surface area (Å²) in [4.78, 5) is 26.7. The number of rotatable bonds is 8. The molecule has 156 valence electrons. The van der Waals surface area contributed by atoms with Crippen LogP contribution < -0.4 is 9.47 Å². The van der Waals surface area contributed by atoms with Gasteiger partial charge in [0.2, 0.25) is 0 Å². The van der Waals surface area contributed by atoms with Gasteiger partial charge in [0.05, 0.1) is 18.1 Å². The number of imide groups is 1. The lowest BCUT2D eigenvalue weighted by molar-refractivity contribution is -0.123. The van der Waals surface area contributed by atoms with E-state index in [9.17, 15) is 9.59 Å². The number of nitrogens with zero attached hydrogens (tertiary/aromatic N) is 1. The number of hydrogen-bond acceptors (Lipinski definition) is 5. The maximum atomic E-state index is 12.8. The molecule has 3 rings (SSSR count). The van der Waals surface area contributed by atoms with Crippen molar-refractivity contribution in [2.45, 2.75) is 13.5 Å². The van der Waals surface area contributed by atoms with Gasteiger partial charge in [-0.1, -0.05) is 48.0 Å². The Balaban J connectivity index is 1.82. The molecule has 0 radical (unpaired) electrons. The first-order chi connectivity index (χ1) is 14.4. The number of thioether (sulfide) groups is 1. The molecule has 0 saturated carbocycles. The molecule has 5 nitrogen and oxygen atoms in total. The molecule has 0 atom stereocenters. The van der Waals surface area contributed by atoms with Crippen LogP contribution in [0.5, 0.6) is 11.5 Å². The van der Waals surface area contributed by atoms with Gasteiger partial charge in [0.25, 0.3) is 11.1 Å². The van der Waals surface area contributed by atoms with Crippen LogP contribution in [0.15, 0.2) is 54.0 Å². The topological polar surface area (TPSA) is 55.8 Å². The van der Waals surface area contributed by atoms with Gasteiger partial charge in [-0.15, -0.1) is 0 Å². The van der Waals surface area contributed by atoms with Gasteiger partial charge in [-0.2, -0.15) is 0 Å². The van der Waals surface area contributed by atoms with E-state index < -0.39 is 0 Å². The molecule has 0 aromatic heterocycles. The highest BCUT2D eigenvalue weighted by atomic mass is 35.5. The Labute approximate surface area is 189 Å². The van der Waals surface area contributed by atoms with Crippen LogP contribution >= 0.6 is 35.0 Å². The van der Waals surface area contributed by atoms with Crippen LogP contribution in [0.25, 0.3) is 6.08 Å². The fourth-order valence-electron chi connectivity index (χ4n) is 2.76. The second kappa shape index (κ2) is 10.1. The average molecular weight is 464 g/mol. The number of halogens is 2. The van der Waals surface area contributed by atoms with Gasteiger partial charge >= 0.3 is 0 Å². The maximum Gasteiger partial charge on any atom is 0.293 e. The van der Waals surface area contributed by atoms with E-state index in [0.717, 1.165) is 22.2 Å². The lowest BCUT2D eigenvalue weighted by Crippen LogP contribution is -2.27. The third kappa shape index (κ3) is 5.19. The second-order valence-corrected chi connectivity index (χ2v) is 8.08. The zero-order valence-corrected chi connectivity index (χ0v) is 18.5. The van der Waals surface area contributed by atoms with Gasteiger partial charge in [0.15, 0.2) is 11.5 Å². The summed E-state index contributed by atoms with van der Waals surface area (Å²) in [6.07, 6.45) is 3.31. The Morgan fingerprint density at radius 3 is 2.60 bits per heavy atom. The summed E-state index contributed by atoms with van der Waals surface area (Å²) in [5.41, 5.74) is 1.37. The molecule has 2 amide bonds. The van der Waals surface area contributed by atoms with Crippen molar-refractivity contribution in [3.63, 3.8) is 0 Å². The van der Waals surface area contributed by atoms with Crippen LogP contribution in [0.1, 0.15) is 18.1 Å². The largest absolute Gasteiger partial charge is 0.490 e. The summed E-state index contributed by atoms with van der Waals surface area (Å²) in [5.74, 6) is 0.764. The van der Waals surface area contributed by atoms with Crippen molar-refractivity contribution in [3.8, 4) is 11.5 Å². The van der Waals surface area contributed by atoms with Crippen molar-refractivity contribution >= 4 is 52.2 Å². The smallest absolute Gasteiger partial charge is 0.293 e. The Morgan fingerprint density at radius 2 is 1.90 bits per heavy atom. The fourth-order valence-corrected chi connectivity index (χ4v) is 4.07. The lowest BCUT2D eigenvalue weighted by atomic mass is 10.1. The van der Waals surface area contributed by atoms with Crippen LogP contribution in [0, 0.1) is 0 Å². The molecule has 2 aromatic rings. The lowest BCUT2D eigenvalue weighted by Gasteiger charge is -2.14. The number of carbonyl (C=O) groups excluding carboxylic acids is 2. The first-order valence-electron chi connectivity index (χ1n) is 9.12. The quantitative estimate of drug-likeness (QED) is 0.344. The van der Waals surface area contributed by atoms with Crippen molar-refractivity contribution in [2.75, 3.05) is 13.2 Å². The summed E-state index contributed by atoms with van der Waals surface area (Å²) in [6.45, 7) is 6.40. The zero-order valence-electron chi connectivity index (χ0n) is 16.2. The summed E-state index contributed by atoms with van der Waals surface area (Å²) in [6, 6.07) is 10.3. The third-order valence-corrected chi connectivity index (χ3v) is 5.63. The third-order valence-electron chi connectivity index (χ3n) is 4.14. The first kappa shape index (κ1) is 22.3. The molecule has 2 aromatic carbocycles. The molecule has 0 bridgehead atoms. The van der Waals surface area contributed by atoms with Gasteiger partial charge in [-0.3, -0.25) is 14.5 Å². The standard InChI is InChI=1S/C22H19Cl2NO4S/c1-3-9-29-18-8-5-14(10-19(18)28-4-2)11-20-21(26)25(22(27)30-20)13-15-6-7-16(23)12-17(15)24/h3,5-8,10-12H,1,4,9,13H2,2H3/b20-11+. The van der Waals surface area contributed by atoms with E-state index in [1.165, 1.54) is 0 Å². The predicted octanol–water partition coefficient (Wildman–Crippen LogP) is 6.19. The number of ether oxygens (including phenoxy) is 2. The zero-order chi connectivity index (χ0) is 21.7. The molecule has 0 N–H and O–H groups in total. The minimum Gasteiger partial charge on any atom is -0.490 e. The highest BCUT2D eigenvalue weighted by molar-refractivity contribution is 8.18. The molecule has 30 heavy (non-hydrogen) atoms. The van der Waals surface area contributed by atoms with Crippen molar-refractivity contribution in [1.29, 1.82) is 0 Å². The van der Waals surface area contributed by atoms with Gasteiger partial charge in [0.1, 0.15) is 6.61 Å². The average Bonchev–Trinajstić information content (AvgIpc) is 2.97. The number of amides is 2. The molecule has 8 heteroatoms. The highest BCUT2D eigenvalue weighted by Gasteiger charge is 2.35. The van der Waals surface area contributed by atoms with Gasteiger partial charge < -0.3 is 9.47 Å². The minimum absolute atomic E-state index is 0.0799. The van der Waals surface area contributed by atoms with Crippen molar-refractivity contribution < 1.29 is 19.1 Å². The van der Waals surface area contributed by atoms with Crippen molar-refractivity contribution in [2.24, 2.45) is 0 Å². The van der Waals surface area contributed by atoms with Crippen LogP contribution in [-0.4, -0.2) is 29.3 Å². The first-order valence-corrected chi connectivity index (χ1v) is 10.7. The van der Waals surface area contributed by atoms with E-state index in [1.807, 2.05) is 6.92 Å². The van der Waals surface area contributed by atoms with Crippen molar-refractivity contribution in [1.82, 2.24) is 4.90 Å². The van der Waals surface area contributed by atoms with E-state index in [-0.39, 0.29) is 17.7 Å². The monoisotopic (exact) mass is 463 g/mol. The molecule has 0 unspecified atom stereocenters. The van der Waals surface area contributed by atoms with E-state index in [1.54, 1.807) is 48.6 Å². The van der Waals surface area contributed by atoms with E-state index in [2.05, 4.69) is 6.58 Å². The Kier molecular flexibility index (Phi) is 7.48. The van der Waals surface area contributed by atoms with E-state index >= 15 is 0 Å². The highest BCUT2D eigenvalue weighted by Crippen LogP contribution is 2.36. The molecule has 1 saturated heterocycles. The van der Waals surface area contributed by atoms with Crippen LogP contribution in [0.4, 0.5) is 4.79 Å². The molecule has 1 fully saturated rings. The number of hydrogen-bond donors (Lipinski definition) is 0. The summed E-state index contributed by atoms with van der Waals surface area (Å²) in [5, 5.41) is 0.540. The Hall–Kier alpha value is -2.41. The molecule has 1 aliphatic heterocycles. The van der Waals surface area contributed by atoms with E-state index in [0.29, 0.717) is 45.2 Å².